The molecule has 1 fully saturated rings. The summed E-state index contributed by atoms with van der Waals surface area (Å²) in [6.07, 6.45) is 3.30. The van der Waals surface area contributed by atoms with Gasteiger partial charge in [0, 0.05) is 25.6 Å². The standard InChI is InChI=1S/C16H20N2O3S/c19-14(15-4-2-7-21-15)9-13-3-1-6-18(13)16(20)17-10-12-5-8-22-11-12/h2,4-5,7-8,11,13-14,19H,1,3,6,9-10H2,(H,17,20)/t13-,14+/m0/s1. The minimum Gasteiger partial charge on any atom is -0.467 e. The molecule has 1 aliphatic rings. The number of hydrogen-bond donors (Lipinski definition) is 2. The number of likely N-dealkylation sites (tertiary alicyclic amines) is 1. The number of carbonyl (C=O) groups excluding carboxylic acids is 1. The number of nitrogens with one attached hydrogen (secondary N) is 1. The third kappa shape index (κ3) is 3.51. The lowest BCUT2D eigenvalue weighted by atomic mass is 10.1. The van der Waals surface area contributed by atoms with Crippen molar-refractivity contribution >= 4 is 17.4 Å². The third-order valence-electron chi connectivity index (χ3n) is 4.03. The van der Waals surface area contributed by atoms with Gasteiger partial charge in [-0.2, -0.15) is 11.3 Å². The second-order valence-corrected chi connectivity index (χ2v) is 6.33. The molecule has 2 aromatic heterocycles. The molecule has 0 spiro atoms. The largest absolute Gasteiger partial charge is 0.467 e. The topological polar surface area (TPSA) is 65.7 Å². The van der Waals surface area contributed by atoms with Crippen molar-refractivity contribution < 1.29 is 14.3 Å². The van der Waals surface area contributed by atoms with Crippen LogP contribution in [0.2, 0.25) is 0 Å². The molecule has 2 amide bonds. The highest BCUT2D eigenvalue weighted by atomic mass is 32.1. The Bertz CT molecular complexity index is 583. The van der Waals surface area contributed by atoms with Crippen LogP contribution < -0.4 is 5.32 Å². The highest BCUT2D eigenvalue weighted by Gasteiger charge is 2.31. The fourth-order valence-corrected chi connectivity index (χ4v) is 3.54. The van der Waals surface area contributed by atoms with Crippen molar-refractivity contribution in [3.05, 3.63) is 46.5 Å². The summed E-state index contributed by atoms with van der Waals surface area (Å²) in [6, 6.07) is 5.54. The Kier molecular flexibility index (Phi) is 4.80. The molecule has 1 aliphatic heterocycles. The van der Waals surface area contributed by atoms with E-state index in [0.29, 0.717) is 18.7 Å². The van der Waals surface area contributed by atoms with Crippen molar-refractivity contribution in [1.29, 1.82) is 0 Å². The first-order chi connectivity index (χ1) is 10.7. The van der Waals surface area contributed by atoms with Crippen LogP contribution >= 0.6 is 11.3 Å². The molecular weight excluding hydrogens is 300 g/mol. The van der Waals surface area contributed by atoms with Crippen LogP contribution in [0.4, 0.5) is 4.79 Å². The monoisotopic (exact) mass is 320 g/mol. The zero-order valence-corrected chi connectivity index (χ0v) is 13.1. The highest BCUT2D eigenvalue weighted by Crippen LogP contribution is 2.27. The van der Waals surface area contributed by atoms with Crippen molar-refractivity contribution in [3.63, 3.8) is 0 Å². The van der Waals surface area contributed by atoms with Gasteiger partial charge >= 0.3 is 6.03 Å². The van der Waals surface area contributed by atoms with Gasteiger partial charge in [0.25, 0.3) is 0 Å². The van der Waals surface area contributed by atoms with Gasteiger partial charge in [0.05, 0.1) is 6.26 Å². The van der Waals surface area contributed by atoms with Crippen LogP contribution in [0, 0.1) is 0 Å². The van der Waals surface area contributed by atoms with Crippen LogP contribution in [-0.2, 0) is 6.54 Å². The Morgan fingerprint density at radius 1 is 1.55 bits per heavy atom. The highest BCUT2D eigenvalue weighted by molar-refractivity contribution is 7.07. The number of carbonyl (C=O) groups is 1. The van der Waals surface area contributed by atoms with E-state index in [9.17, 15) is 9.90 Å². The molecule has 0 radical (unpaired) electrons. The number of aliphatic hydroxyl groups is 1. The lowest BCUT2D eigenvalue weighted by molar-refractivity contribution is 0.108. The summed E-state index contributed by atoms with van der Waals surface area (Å²) < 4.78 is 5.23. The molecule has 22 heavy (non-hydrogen) atoms. The second kappa shape index (κ2) is 6.98. The molecule has 2 atom stereocenters. The predicted molar refractivity (Wildman–Crippen MR) is 84.6 cm³/mol. The molecule has 3 rings (SSSR count). The minimum absolute atomic E-state index is 0.0552. The molecule has 0 aliphatic carbocycles. The lowest BCUT2D eigenvalue weighted by Crippen LogP contribution is -2.43. The van der Waals surface area contributed by atoms with Gasteiger partial charge in [-0.05, 0) is 47.4 Å². The molecule has 0 bridgehead atoms. The third-order valence-corrected chi connectivity index (χ3v) is 4.76. The lowest BCUT2D eigenvalue weighted by Gasteiger charge is -2.26. The van der Waals surface area contributed by atoms with Gasteiger partial charge in [-0.15, -0.1) is 0 Å². The number of furan rings is 1. The summed E-state index contributed by atoms with van der Waals surface area (Å²) in [5.74, 6) is 0.561. The summed E-state index contributed by atoms with van der Waals surface area (Å²) in [5, 5.41) is 17.2. The van der Waals surface area contributed by atoms with E-state index >= 15 is 0 Å². The Hall–Kier alpha value is -1.79. The molecule has 2 aromatic rings. The maximum absolute atomic E-state index is 12.3. The Morgan fingerprint density at radius 2 is 2.45 bits per heavy atom. The van der Waals surface area contributed by atoms with Gasteiger partial charge in [0.2, 0.25) is 0 Å². The Morgan fingerprint density at radius 3 is 3.18 bits per heavy atom. The average Bonchev–Trinajstić information content (AvgIpc) is 3.25. The number of urea groups is 1. The van der Waals surface area contributed by atoms with E-state index < -0.39 is 6.10 Å². The molecule has 2 N–H and O–H groups in total. The first-order valence-electron chi connectivity index (χ1n) is 7.51. The molecule has 0 aromatic carbocycles. The van der Waals surface area contributed by atoms with Gasteiger partial charge in [-0.3, -0.25) is 0 Å². The summed E-state index contributed by atoms with van der Waals surface area (Å²) >= 11 is 1.62. The number of hydrogen-bond acceptors (Lipinski definition) is 4. The molecule has 118 valence electrons. The number of rotatable bonds is 5. The number of amides is 2. The summed E-state index contributed by atoms with van der Waals surface area (Å²) in [6.45, 7) is 1.29. The maximum Gasteiger partial charge on any atom is 0.317 e. The maximum atomic E-state index is 12.3. The summed E-state index contributed by atoms with van der Waals surface area (Å²) in [7, 11) is 0. The first-order valence-corrected chi connectivity index (χ1v) is 8.45. The first kappa shape index (κ1) is 15.1. The predicted octanol–water partition coefficient (Wildman–Crippen LogP) is 3.14. The van der Waals surface area contributed by atoms with E-state index in [1.807, 2.05) is 21.7 Å². The SMILES string of the molecule is O=C(NCc1ccsc1)N1CCC[C@H]1C[C@@H](O)c1ccco1. The second-order valence-electron chi connectivity index (χ2n) is 5.55. The zero-order chi connectivity index (χ0) is 15.4. The smallest absolute Gasteiger partial charge is 0.317 e. The molecule has 0 saturated carbocycles. The van der Waals surface area contributed by atoms with Crippen LogP contribution in [0.3, 0.4) is 0 Å². The molecule has 3 heterocycles. The van der Waals surface area contributed by atoms with Crippen LogP contribution in [0.25, 0.3) is 0 Å². The van der Waals surface area contributed by atoms with E-state index in [1.54, 1.807) is 29.7 Å². The number of thiophene rings is 1. The fraction of sp³-hybridized carbons (Fsp3) is 0.438. The van der Waals surface area contributed by atoms with Crippen LogP contribution in [0.1, 0.15) is 36.7 Å². The Balaban J connectivity index is 1.54. The van der Waals surface area contributed by atoms with Gasteiger partial charge < -0.3 is 19.7 Å². The van der Waals surface area contributed by atoms with Crippen molar-refractivity contribution in [1.82, 2.24) is 10.2 Å². The molecular formula is C16H20N2O3S. The number of nitrogens with zero attached hydrogens (tertiary/aromatic N) is 1. The van der Waals surface area contributed by atoms with E-state index in [0.717, 1.165) is 24.9 Å². The molecule has 0 unspecified atom stereocenters. The van der Waals surface area contributed by atoms with Crippen molar-refractivity contribution in [3.8, 4) is 0 Å². The summed E-state index contributed by atoms with van der Waals surface area (Å²) in [4.78, 5) is 14.2. The van der Waals surface area contributed by atoms with Crippen molar-refractivity contribution in [2.45, 2.75) is 38.0 Å². The average molecular weight is 320 g/mol. The van der Waals surface area contributed by atoms with Gasteiger partial charge in [0.1, 0.15) is 11.9 Å². The molecule has 1 saturated heterocycles. The van der Waals surface area contributed by atoms with Gasteiger partial charge in [-0.1, -0.05) is 0 Å². The quantitative estimate of drug-likeness (QED) is 0.889. The van der Waals surface area contributed by atoms with E-state index in [1.165, 1.54) is 0 Å². The fourth-order valence-electron chi connectivity index (χ4n) is 2.88. The van der Waals surface area contributed by atoms with Crippen LogP contribution in [0.5, 0.6) is 0 Å². The molecule has 5 nitrogen and oxygen atoms in total. The Labute approximate surface area is 133 Å². The van der Waals surface area contributed by atoms with Crippen molar-refractivity contribution in [2.24, 2.45) is 0 Å². The van der Waals surface area contributed by atoms with E-state index in [4.69, 9.17) is 4.42 Å². The van der Waals surface area contributed by atoms with Gasteiger partial charge in [0.15, 0.2) is 0 Å². The molecule has 6 heteroatoms. The zero-order valence-electron chi connectivity index (χ0n) is 12.3. The minimum atomic E-state index is -0.662. The van der Waals surface area contributed by atoms with Crippen LogP contribution in [0.15, 0.2) is 39.6 Å². The van der Waals surface area contributed by atoms with E-state index in [-0.39, 0.29) is 12.1 Å². The summed E-state index contributed by atoms with van der Waals surface area (Å²) in [5.41, 5.74) is 1.12. The van der Waals surface area contributed by atoms with Crippen molar-refractivity contribution in [2.75, 3.05) is 6.54 Å². The normalized spacial score (nSPS) is 19.3. The van der Waals surface area contributed by atoms with Crippen LogP contribution in [-0.4, -0.2) is 28.6 Å². The number of aliphatic hydroxyl groups excluding tert-OH is 1. The van der Waals surface area contributed by atoms with E-state index in [2.05, 4.69) is 5.32 Å². The van der Waals surface area contributed by atoms with Gasteiger partial charge in [-0.25, -0.2) is 4.79 Å².